The molecular weight excluding hydrogens is 356 g/mol. The van der Waals surface area contributed by atoms with Gasteiger partial charge >= 0.3 is 12.0 Å². The quantitative estimate of drug-likeness (QED) is 0.758. The Kier molecular flexibility index (Phi) is 6.66. The third-order valence-corrected chi connectivity index (χ3v) is 4.79. The van der Waals surface area contributed by atoms with Crippen LogP contribution in [0.3, 0.4) is 0 Å². The zero-order valence-corrected chi connectivity index (χ0v) is 16.4. The standard InChI is InChI=1S/C22H26N2O4/c1-17-4-10-20(11-5-17)24(22(26)23-12-3-14-28-15-13-23)16-18-6-8-19(9-7-18)21(25)27-2/h4-11H,3,12-16H2,1-2H3. The van der Waals surface area contributed by atoms with Gasteiger partial charge in [0.25, 0.3) is 0 Å². The Hall–Kier alpha value is -2.86. The number of benzene rings is 2. The number of amides is 2. The molecule has 148 valence electrons. The lowest BCUT2D eigenvalue weighted by molar-refractivity contribution is 0.0600. The fourth-order valence-electron chi connectivity index (χ4n) is 3.15. The van der Waals surface area contributed by atoms with Crippen molar-refractivity contribution in [1.29, 1.82) is 0 Å². The molecule has 0 spiro atoms. The van der Waals surface area contributed by atoms with Crippen LogP contribution in [-0.4, -0.2) is 50.3 Å². The maximum Gasteiger partial charge on any atom is 0.337 e. The minimum atomic E-state index is -0.373. The van der Waals surface area contributed by atoms with Gasteiger partial charge in [0.15, 0.2) is 0 Å². The first-order chi connectivity index (χ1) is 13.6. The van der Waals surface area contributed by atoms with E-state index in [0.29, 0.717) is 38.4 Å². The van der Waals surface area contributed by atoms with Gasteiger partial charge in [-0.3, -0.25) is 4.90 Å². The van der Waals surface area contributed by atoms with Crippen LogP contribution in [0.4, 0.5) is 10.5 Å². The molecule has 3 rings (SSSR count). The van der Waals surface area contributed by atoms with E-state index < -0.39 is 0 Å². The predicted molar refractivity (Wildman–Crippen MR) is 108 cm³/mol. The summed E-state index contributed by atoms with van der Waals surface area (Å²) in [6, 6.07) is 15.0. The Morgan fingerprint density at radius 2 is 1.75 bits per heavy atom. The molecule has 2 aromatic rings. The van der Waals surface area contributed by atoms with Crippen molar-refractivity contribution in [3.63, 3.8) is 0 Å². The van der Waals surface area contributed by atoms with Crippen LogP contribution in [0, 0.1) is 6.92 Å². The Morgan fingerprint density at radius 3 is 2.43 bits per heavy atom. The second-order valence-corrected chi connectivity index (χ2v) is 6.85. The molecule has 1 saturated heterocycles. The van der Waals surface area contributed by atoms with E-state index in [-0.39, 0.29) is 12.0 Å². The summed E-state index contributed by atoms with van der Waals surface area (Å²) in [6.07, 6.45) is 0.835. The van der Waals surface area contributed by atoms with Gasteiger partial charge in [0, 0.05) is 25.4 Å². The molecule has 1 fully saturated rings. The summed E-state index contributed by atoms with van der Waals surface area (Å²) >= 11 is 0. The molecule has 1 aliphatic rings. The molecule has 0 unspecified atom stereocenters. The third kappa shape index (κ3) is 4.89. The maximum absolute atomic E-state index is 13.3. The molecule has 1 aliphatic heterocycles. The number of ether oxygens (including phenoxy) is 2. The second-order valence-electron chi connectivity index (χ2n) is 6.85. The van der Waals surface area contributed by atoms with E-state index in [1.54, 1.807) is 17.0 Å². The number of urea groups is 1. The summed E-state index contributed by atoms with van der Waals surface area (Å²) < 4.78 is 10.2. The van der Waals surface area contributed by atoms with Crippen molar-refractivity contribution < 1.29 is 19.1 Å². The predicted octanol–water partition coefficient (Wildman–Crippen LogP) is 3.63. The molecule has 6 nitrogen and oxygen atoms in total. The van der Waals surface area contributed by atoms with Crippen LogP contribution in [0.5, 0.6) is 0 Å². The monoisotopic (exact) mass is 382 g/mol. The van der Waals surface area contributed by atoms with Crippen molar-refractivity contribution in [3.8, 4) is 0 Å². The molecule has 0 saturated carbocycles. The maximum atomic E-state index is 13.3. The lowest BCUT2D eigenvalue weighted by atomic mass is 10.1. The average Bonchev–Trinajstić information content (AvgIpc) is 3.02. The summed E-state index contributed by atoms with van der Waals surface area (Å²) in [7, 11) is 1.36. The van der Waals surface area contributed by atoms with Crippen LogP contribution in [-0.2, 0) is 16.0 Å². The van der Waals surface area contributed by atoms with E-state index in [1.807, 2.05) is 48.2 Å². The van der Waals surface area contributed by atoms with Crippen LogP contribution >= 0.6 is 0 Å². The summed E-state index contributed by atoms with van der Waals surface area (Å²) in [5, 5.41) is 0. The Bertz CT molecular complexity index is 794. The molecule has 28 heavy (non-hydrogen) atoms. The number of methoxy groups -OCH3 is 1. The van der Waals surface area contributed by atoms with E-state index in [2.05, 4.69) is 0 Å². The minimum Gasteiger partial charge on any atom is -0.465 e. The molecular formula is C22H26N2O4. The van der Waals surface area contributed by atoms with Gasteiger partial charge in [0.2, 0.25) is 0 Å². The van der Waals surface area contributed by atoms with Gasteiger partial charge in [-0.2, -0.15) is 0 Å². The number of rotatable bonds is 4. The topological polar surface area (TPSA) is 59.1 Å². The lowest BCUT2D eigenvalue weighted by Crippen LogP contribution is -2.44. The first-order valence-electron chi connectivity index (χ1n) is 9.46. The minimum absolute atomic E-state index is 0.0357. The number of esters is 1. The summed E-state index contributed by atoms with van der Waals surface area (Å²) in [6.45, 7) is 4.95. The van der Waals surface area contributed by atoms with Crippen LogP contribution in [0.25, 0.3) is 0 Å². The van der Waals surface area contributed by atoms with Gasteiger partial charge in [0.1, 0.15) is 0 Å². The summed E-state index contributed by atoms with van der Waals surface area (Å²) in [5.74, 6) is -0.373. The van der Waals surface area contributed by atoms with Crippen LogP contribution in [0.2, 0.25) is 0 Å². The van der Waals surface area contributed by atoms with Crippen molar-refractivity contribution in [2.75, 3.05) is 38.3 Å². The molecule has 1 heterocycles. The van der Waals surface area contributed by atoms with Gasteiger partial charge in [0.05, 0.1) is 25.8 Å². The number of hydrogen-bond acceptors (Lipinski definition) is 4. The first kappa shape index (κ1) is 19.9. The fourth-order valence-corrected chi connectivity index (χ4v) is 3.15. The van der Waals surface area contributed by atoms with Crippen LogP contribution in [0.15, 0.2) is 48.5 Å². The molecule has 2 amide bonds. The lowest BCUT2D eigenvalue weighted by Gasteiger charge is -2.30. The highest BCUT2D eigenvalue weighted by Crippen LogP contribution is 2.21. The molecule has 0 N–H and O–H groups in total. The highest BCUT2D eigenvalue weighted by molar-refractivity contribution is 5.92. The summed E-state index contributed by atoms with van der Waals surface area (Å²) in [4.78, 5) is 28.5. The van der Waals surface area contributed by atoms with E-state index in [9.17, 15) is 9.59 Å². The second kappa shape index (κ2) is 9.37. The molecule has 0 atom stereocenters. The van der Waals surface area contributed by atoms with E-state index >= 15 is 0 Å². The molecule has 0 aromatic heterocycles. The first-order valence-corrected chi connectivity index (χ1v) is 9.46. The fraction of sp³-hybridized carbons (Fsp3) is 0.364. The van der Waals surface area contributed by atoms with Crippen molar-refractivity contribution in [3.05, 3.63) is 65.2 Å². The highest BCUT2D eigenvalue weighted by Gasteiger charge is 2.23. The highest BCUT2D eigenvalue weighted by atomic mass is 16.5. The number of aryl methyl sites for hydroxylation is 1. The van der Waals surface area contributed by atoms with Crippen LogP contribution < -0.4 is 4.90 Å². The van der Waals surface area contributed by atoms with Gasteiger partial charge < -0.3 is 14.4 Å². The largest absolute Gasteiger partial charge is 0.465 e. The van der Waals surface area contributed by atoms with Crippen molar-refractivity contribution in [2.24, 2.45) is 0 Å². The molecule has 0 aliphatic carbocycles. The van der Waals surface area contributed by atoms with Crippen molar-refractivity contribution in [1.82, 2.24) is 4.90 Å². The zero-order chi connectivity index (χ0) is 19.9. The average molecular weight is 382 g/mol. The van der Waals surface area contributed by atoms with Crippen LogP contribution in [0.1, 0.15) is 27.9 Å². The third-order valence-electron chi connectivity index (χ3n) is 4.79. The zero-order valence-electron chi connectivity index (χ0n) is 16.4. The number of anilines is 1. The van der Waals surface area contributed by atoms with Gasteiger partial charge in [-0.1, -0.05) is 29.8 Å². The van der Waals surface area contributed by atoms with E-state index in [1.165, 1.54) is 7.11 Å². The molecule has 6 heteroatoms. The van der Waals surface area contributed by atoms with Gasteiger partial charge in [-0.25, -0.2) is 9.59 Å². The van der Waals surface area contributed by atoms with E-state index in [4.69, 9.17) is 9.47 Å². The van der Waals surface area contributed by atoms with E-state index in [0.717, 1.165) is 23.2 Å². The summed E-state index contributed by atoms with van der Waals surface area (Å²) in [5.41, 5.74) is 3.41. The van der Waals surface area contributed by atoms with Gasteiger partial charge in [-0.15, -0.1) is 0 Å². The van der Waals surface area contributed by atoms with Crippen molar-refractivity contribution in [2.45, 2.75) is 19.9 Å². The van der Waals surface area contributed by atoms with Crippen molar-refractivity contribution >= 4 is 17.7 Å². The smallest absolute Gasteiger partial charge is 0.337 e. The van der Waals surface area contributed by atoms with Gasteiger partial charge in [-0.05, 0) is 43.2 Å². The molecule has 0 bridgehead atoms. The Labute approximate surface area is 165 Å². The number of hydrogen-bond donors (Lipinski definition) is 0. The number of carbonyl (C=O) groups excluding carboxylic acids is 2. The Balaban J connectivity index is 1.84. The number of nitrogens with zero attached hydrogens (tertiary/aromatic N) is 2. The normalized spacial score (nSPS) is 14.3. The molecule has 2 aromatic carbocycles. The number of carbonyl (C=O) groups is 2. The molecule has 0 radical (unpaired) electrons. The Morgan fingerprint density at radius 1 is 1.04 bits per heavy atom. The SMILES string of the molecule is COC(=O)c1ccc(CN(C(=O)N2CCCOCC2)c2ccc(C)cc2)cc1.